The van der Waals surface area contributed by atoms with Crippen LogP contribution in [0.4, 0.5) is 5.13 Å². The van der Waals surface area contributed by atoms with Gasteiger partial charge in [0, 0.05) is 17.1 Å². The van der Waals surface area contributed by atoms with E-state index in [2.05, 4.69) is 15.0 Å². The van der Waals surface area contributed by atoms with Crippen molar-refractivity contribution in [1.82, 2.24) is 15.0 Å². The number of nitrogen functional groups attached to an aromatic ring is 1. The molecule has 0 saturated heterocycles. The fourth-order valence-electron chi connectivity index (χ4n) is 2.53. The van der Waals surface area contributed by atoms with E-state index < -0.39 is 0 Å². The average Bonchev–Trinajstić information content (AvgIpc) is 2.96. The minimum absolute atomic E-state index is 0.430. The Hall–Kier alpha value is -2.50. The standard InChI is InChI=1S/C17H11ClN4S/c18-14-7-3-6-13(21-14)15-16(23-17(19)22-15)11-8-9-20-12-5-2-1-4-10(11)12/h1-9H,(H2,19,22). The lowest BCUT2D eigenvalue weighted by molar-refractivity contribution is 1.28. The topological polar surface area (TPSA) is 64.7 Å². The number of halogens is 1. The monoisotopic (exact) mass is 338 g/mol. The van der Waals surface area contributed by atoms with Crippen LogP contribution in [0.15, 0.2) is 54.7 Å². The van der Waals surface area contributed by atoms with E-state index in [0.29, 0.717) is 16.0 Å². The third kappa shape index (κ3) is 2.54. The fourth-order valence-corrected chi connectivity index (χ4v) is 3.57. The number of nitrogens with two attached hydrogens (primary N) is 1. The summed E-state index contributed by atoms with van der Waals surface area (Å²) in [5.74, 6) is 0. The van der Waals surface area contributed by atoms with E-state index in [1.54, 1.807) is 12.3 Å². The van der Waals surface area contributed by atoms with Crippen LogP contribution >= 0.6 is 22.9 Å². The van der Waals surface area contributed by atoms with Gasteiger partial charge < -0.3 is 5.73 Å². The Labute approximate surface area is 141 Å². The molecule has 0 saturated carbocycles. The van der Waals surface area contributed by atoms with Crippen LogP contribution in [0.5, 0.6) is 0 Å². The van der Waals surface area contributed by atoms with Crippen molar-refractivity contribution in [1.29, 1.82) is 0 Å². The van der Waals surface area contributed by atoms with Crippen LogP contribution in [0.25, 0.3) is 32.7 Å². The normalized spacial score (nSPS) is 11.0. The Bertz CT molecular complexity index is 1010. The van der Waals surface area contributed by atoms with Crippen LogP contribution in [0.2, 0.25) is 5.15 Å². The molecule has 0 atom stereocenters. The maximum absolute atomic E-state index is 6.02. The molecule has 0 amide bonds. The molecule has 4 rings (SSSR count). The highest BCUT2D eigenvalue weighted by Gasteiger charge is 2.17. The highest BCUT2D eigenvalue weighted by molar-refractivity contribution is 7.19. The molecule has 0 bridgehead atoms. The number of anilines is 1. The number of aromatic nitrogens is 3. The van der Waals surface area contributed by atoms with Crippen LogP contribution in [-0.2, 0) is 0 Å². The first-order valence-corrected chi connectivity index (χ1v) is 8.15. The molecule has 3 aromatic heterocycles. The molecule has 6 heteroatoms. The first-order valence-electron chi connectivity index (χ1n) is 6.96. The summed E-state index contributed by atoms with van der Waals surface area (Å²) in [6, 6.07) is 15.5. The molecular weight excluding hydrogens is 328 g/mol. The third-order valence-corrected chi connectivity index (χ3v) is 4.62. The molecule has 4 aromatic rings. The second-order valence-corrected chi connectivity index (χ2v) is 6.37. The zero-order chi connectivity index (χ0) is 15.8. The van der Waals surface area contributed by atoms with E-state index in [9.17, 15) is 0 Å². The second-order valence-electron chi connectivity index (χ2n) is 4.95. The Morgan fingerprint density at radius 2 is 1.83 bits per heavy atom. The highest BCUT2D eigenvalue weighted by Crippen LogP contribution is 2.40. The number of hydrogen-bond acceptors (Lipinski definition) is 5. The molecule has 23 heavy (non-hydrogen) atoms. The third-order valence-electron chi connectivity index (χ3n) is 3.50. The van der Waals surface area contributed by atoms with E-state index >= 15 is 0 Å². The molecule has 4 nitrogen and oxygen atoms in total. The summed E-state index contributed by atoms with van der Waals surface area (Å²) in [7, 11) is 0. The highest BCUT2D eigenvalue weighted by atomic mass is 35.5. The van der Waals surface area contributed by atoms with Gasteiger partial charge in [0.25, 0.3) is 0 Å². The zero-order valence-electron chi connectivity index (χ0n) is 11.9. The lowest BCUT2D eigenvalue weighted by Gasteiger charge is -2.06. The van der Waals surface area contributed by atoms with Gasteiger partial charge in [0.05, 0.1) is 16.1 Å². The van der Waals surface area contributed by atoms with Gasteiger partial charge in [-0.15, -0.1) is 0 Å². The summed E-state index contributed by atoms with van der Waals surface area (Å²) in [6.07, 6.45) is 1.79. The number of fused-ring (bicyclic) bond motifs is 1. The molecule has 0 unspecified atom stereocenters. The Kier molecular flexibility index (Phi) is 3.44. The number of rotatable bonds is 2. The summed E-state index contributed by atoms with van der Waals surface area (Å²) < 4.78 is 0. The average molecular weight is 339 g/mol. The van der Waals surface area contributed by atoms with Crippen LogP contribution in [-0.4, -0.2) is 15.0 Å². The van der Waals surface area contributed by atoms with E-state index in [4.69, 9.17) is 17.3 Å². The van der Waals surface area contributed by atoms with E-state index in [0.717, 1.165) is 27.0 Å². The summed E-state index contributed by atoms with van der Waals surface area (Å²) in [5.41, 5.74) is 9.39. The van der Waals surface area contributed by atoms with Crippen molar-refractivity contribution in [2.45, 2.75) is 0 Å². The number of benzene rings is 1. The maximum Gasteiger partial charge on any atom is 0.181 e. The van der Waals surface area contributed by atoms with Crippen molar-refractivity contribution in [3.8, 4) is 21.8 Å². The largest absolute Gasteiger partial charge is 0.375 e. The lowest BCUT2D eigenvalue weighted by Crippen LogP contribution is -1.89. The van der Waals surface area contributed by atoms with Gasteiger partial charge in [-0.1, -0.05) is 47.2 Å². The molecule has 0 aliphatic heterocycles. The second kappa shape index (κ2) is 5.61. The molecule has 1 aromatic carbocycles. The molecule has 112 valence electrons. The number of pyridine rings is 2. The number of thiazole rings is 1. The van der Waals surface area contributed by atoms with Crippen molar-refractivity contribution in [2.75, 3.05) is 5.73 Å². The smallest absolute Gasteiger partial charge is 0.181 e. The van der Waals surface area contributed by atoms with E-state index in [1.807, 2.05) is 42.5 Å². The molecule has 3 heterocycles. The van der Waals surface area contributed by atoms with Gasteiger partial charge in [0.2, 0.25) is 0 Å². The molecule has 0 aliphatic rings. The number of hydrogen-bond donors (Lipinski definition) is 1. The predicted molar refractivity (Wildman–Crippen MR) is 95.5 cm³/mol. The van der Waals surface area contributed by atoms with E-state index in [1.165, 1.54) is 11.3 Å². The Morgan fingerprint density at radius 1 is 0.957 bits per heavy atom. The van der Waals surface area contributed by atoms with Crippen LogP contribution < -0.4 is 5.73 Å². The first-order chi connectivity index (χ1) is 11.2. The van der Waals surface area contributed by atoms with E-state index in [-0.39, 0.29) is 0 Å². The molecular formula is C17H11ClN4S. The summed E-state index contributed by atoms with van der Waals surface area (Å²) >= 11 is 7.46. The Morgan fingerprint density at radius 3 is 2.70 bits per heavy atom. The molecule has 0 radical (unpaired) electrons. The summed E-state index contributed by atoms with van der Waals surface area (Å²) in [5, 5.41) is 1.99. The minimum atomic E-state index is 0.430. The van der Waals surface area contributed by atoms with Gasteiger partial charge in [0.1, 0.15) is 10.8 Å². The van der Waals surface area contributed by atoms with Crippen molar-refractivity contribution < 1.29 is 0 Å². The lowest BCUT2D eigenvalue weighted by atomic mass is 10.1. The van der Waals surface area contributed by atoms with Crippen molar-refractivity contribution >= 4 is 39.0 Å². The first kappa shape index (κ1) is 14.1. The van der Waals surface area contributed by atoms with Gasteiger partial charge in [-0.05, 0) is 24.3 Å². The summed E-state index contributed by atoms with van der Waals surface area (Å²) in [4.78, 5) is 14.2. The minimum Gasteiger partial charge on any atom is -0.375 e. The van der Waals surface area contributed by atoms with Crippen molar-refractivity contribution in [3.63, 3.8) is 0 Å². The number of nitrogens with zero attached hydrogens (tertiary/aromatic N) is 3. The quantitative estimate of drug-likeness (QED) is 0.540. The zero-order valence-corrected chi connectivity index (χ0v) is 13.5. The molecule has 2 N–H and O–H groups in total. The SMILES string of the molecule is Nc1nc(-c2cccc(Cl)n2)c(-c2ccnc3ccccc23)s1. The van der Waals surface area contributed by atoms with Gasteiger partial charge in [-0.3, -0.25) is 4.98 Å². The Balaban J connectivity index is 1.99. The van der Waals surface area contributed by atoms with Gasteiger partial charge in [-0.25, -0.2) is 9.97 Å². The van der Waals surface area contributed by atoms with Crippen LogP contribution in [0, 0.1) is 0 Å². The van der Waals surface area contributed by atoms with Crippen molar-refractivity contribution in [2.24, 2.45) is 0 Å². The molecule has 0 aliphatic carbocycles. The van der Waals surface area contributed by atoms with Crippen LogP contribution in [0.3, 0.4) is 0 Å². The van der Waals surface area contributed by atoms with Gasteiger partial charge in [-0.2, -0.15) is 0 Å². The van der Waals surface area contributed by atoms with Crippen molar-refractivity contribution in [3.05, 3.63) is 59.9 Å². The van der Waals surface area contributed by atoms with Crippen LogP contribution in [0.1, 0.15) is 0 Å². The molecule has 0 spiro atoms. The fraction of sp³-hybridized carbons (Fsp3) is 0. The molecule has 0 fully saturated rings. The van der Waals surface area contributed by atoms with Gasteiger partial charge >= 0.3 is 0 Å². The summed E-state index contributed by atoms with van der Waals surface area (Å²) in [6.45, 7) is 0. The predicted octanol–water partition coefficient (Wildman–Crippen LogP) is 4.66. The van der Waals surface area contributed by atoms with Gasteiger partial charge in [0.15, 0.2) is 5.13 Å². The number of para-hydroxylation sites is 1. The maximum atomic E-state index is 6.02.